The van der Waals surface area contributed by atoms with Crippen LogP contribution in [-0.4, -0.2) is 13.2 Å². The molecule has 1 aliphatic rings. The normalized spacial score (nSPS) is 18.7. The van der Waals surface area contributed by atoms with Gasteiger partial charge in [0.25, 0.3) is 0 Å². The molecule has 2 rings (SSSR count). The fourth-order valence-corrected chi connectivity index (χ4v) is 1.72. The number of ether oxygens (including phenoxy) is 2. The molecule has 1 atom stereocenters. The van der Waals surface area contributed by atoms with E-state index in [9.17, 15) is 0 Å². The Morgan fingerprint density at radius 1 is 1.25 bits per heavy atom. The first-order valence-corrected chi connectivity index (χ1v) is 5.82. The molecule has 0 saturated carbocycles. The van der Waals surface area contributed by atoms with E-state index in [1.54, 1.807) is 0 Å². The van der Waals surface area contributed by atoms with E-state index < -0.39 is 0 Å². The summed E-state index contributed by atoms with van der Waals surface area (Å²) >= 11 is 0. The summed E-state index contributed by atoms with van der Waals surface area (Å²) in [4.78, 5) is 0. The lowest BCUT2D eigenvalue weighted by molar-refractivity contribution is 0.296. The second-order valence-electron chi connectivity index (χ2n) is 4.48. The molecule has 1 unspecified atom stereocenters. The first kappa shape index (κ1) is 11.3. The van der Waals surface area contributed by atoms with Crippen molar-refractivity contribution in [2.24, 2.45) is 5.73 Å². The van der Waals surface area contributed by atoms with E-state index in [1.807, 2.05) is 25.1 Å². The molecule has 0 bridgehead atoms. The molecule has 1 heterocycles. The number of fused-ring (bicyclic) bond motifs is 1. The van der Waals surface area contributed by atoms with Gasteiger partial charge in [-0.1, -0.05) is 13.0 Å². The van der Waals surface area contributed by atoms with Gasteiger partial charge in [0.05, 0.1) is 13.2 Å². The Balaban J connectivity index is 2.34. The number of benzene rings is 1. The topological polar surface area (TPSA) is 44.5 Å². The van der Waals surface area contributed by atoms with Crippen LogP contribution in [0.2, 0.25) is 0 Å². The maximum absolute atomic E-state index is 6.21. The highest BCUT2D eigenvalue weighted by Gasteiger charge is 2.21. The molecule has 1 aromatic carbocycles. The van der Waals surface area contributed by atoms with Crippen LogP contribution in [0.4, 0.5) is 0 Å². The van der Waals surface area contributed by atoms with Crippen molar-refractivity contribution in [3.05, 3.63) is 23.8 Å². The molecule has 1 aliphatic heterocycles. The predicted octanol–water partition coefficient (Wildman–Crippen LogP) is 2.43. The fraction of sp³-hybridized carbons (Fsp3) is 0.538. The van der Waals surface area contributed by atoms with Gasteiger partial charge in [-0.3, -0.25) is 0 Å². The van der Waals surface area contributed by atoms with Crippen LogP contribution in [0.25, 0.3) is 0 Å². The van der Waals surface area contributed by atoms with Crippen molar-refractivity contribution in [1.82, 2.24) is 0 Å². The zero-order valence-corrected chi connectivity index (χ0v) is 9.95. The Morgan fingerprint density at radius 3 is 2.62 bits per heavy atom. The molecule has 0 saturated heterocycles. The summed E-state index contributed by atoms with van der Waals surface area (Å²) in [5.74, 6) is 1.65. The molecule has 0 radical (unpaired) electrons. The van der Waals surface area contributed by atoms with Crippen molar-refractivity contribution in [2.45, 2.75) is 32.2 Å². The molecule has 0 aliphatic carbocycles. The third kappa shape index (κ3) is 2.14. The molecule has 1 aromatic rings. The van der Waals surface area contributed by atoms with E-state index in [0.717, 1.165) is 36.5 Å². The zero-order chi connectivity index (χ0) is 11.6. The van der Waals surface area contributed by atoms with E-state index in [1.165, 1.54) is 0 Å². The lowest BCUT2D eigenvalue weighted by atomic mass is 9.90. The van der Waals surface area contributed by atoms with Crippen LogP contribution >= 0.6 is 0 Å². The van der Waals surface area contributed by atoms with E-state index in [2.05, 4.69) is 6.92 Å². The van der Waals surface area contributed by atoms with Crippen LogP contribution in [0.15, 0.2) is 18.2 Å². The summed E-state index contributed by atoms with van der Waals surface area (Å²) < 4.78 is 11.2. The molecule has 0 amide bonds. The van der Waals surface area contributed by atoms with Crippen molar-refractivity contribution in [3.8, 4) is 11.5 Å². The van der Waals surface area contributed by atoms with Gasteiger partial charge in [-0.25, -0.2) is 0 Å². The van der Waals surface area contributed by atoms with Crippen LogP contribution in [0.3, 0.4) is 0 Å². The van der Waals surface area contributed by atoms with Crippen molar-refractivity contribution >= 4 is 0 Å². The SMILES string of the molecule is CCC(C)(N)c1ccc2c(c1)OCCCO2. The minimum Gasteiger partial charge on any atom is -0.490 e. The predicted molar refractivity (Wildman–Crippen MR) is 63.9 cm³/mol. The maximum Gasteiger partial charge on any atom is 0.161 e. The standard InChI is InChI=1S/C13H19NO2/c1-3-13(2,14)10-5-6-11-12(9-10)16-8-4-7-15-11/h5-6,9H,3-4,7-8,14H2,1-2H3. The molecule has 0 spiro atoms. The second-order valence-corrected chi connectivity index (χ2v) is 4.48. The van der Waals surface area contributed by atoms with E-state index in [-0.39, 0.29) is 5.54 Å². The quantitative estimate of drug-likeness (QED) is 0.834. The van der Waals surface area contributed by atoms with E-state index in [0.29, 0.717) is 6.61 Å². The summed E-state index contributed by atoms with van der Waals surface area (Å²) in [6, 6.07) is 5.98. The van der Waals surface area contributed by atoms with Gasteiger partial charge in [-0.15, -0.1) is 0 Å². The van der Waals surface area contributed by atoms with Gasteiger partial charge in [0.1, 0.15) is 0 Å². The lowest BCUT2D eigenvalue weighted by Gasteiger charge is -2.24. The molecule has 88 valence electrons. The third-order valence-electron chi connectivity index (χ3n) is 3.14. The molecule has 0 fully saturated rings. The molecule has 3 heteroatoms. The first-order chi connectivity index (χ1) is 7.63. The van der Waals surface area contributed by atoms with E-state index >= 15 is 0 Å². The Bertz CT molecular complexity index is 374. The van der Waals surface area contributed by atoms with Crippen LogP contribution in [0.1, 0.15) is 32.3 Å². The fourth-order valence-electron chi connectivity index (χ4n) is 1.72. The number of hydrogen-bond acceptors (Lipinski definition) is 3. The Hall–Kier alpha value is -1.22. The molecular formula is C13H19NO2. The van der Waals surface area contributed by atoms with Gasteiger partial charge in [-0.2, -0.15) is 0 Å². The lowest BCUT2D eigenvalue weighted by Crippen LogP contribution is -2.31. The van der Waals surface area contributed by atoms with Crippen molar-refractivity contribution in [3.63, 3.8) is 0 Å². The minimum atomic E-state index is -0.301. The Morgan fingerprint density at radius 2 is 1.94 bits per heavy atom. The van der Waals surface area contributed by atoms with Gasteiger partial charge < -0.3 is 15.2 Å². The average molecular weight is 221 g/mol. The average Bonchev–Trinajstić information content (AvgIpc) is 2.53. The monoisotopic (exact) mass is 221 g/mol. The Labute approximate surface area is 96.5 Å². The molecule has 2 N–H and O–H groups in total. The third-order valence-corrected chi connectivity index (χ3v) is 3.14. The molecule has 16 heavy (non-hydrogen) atoms. The molecule has 0 aromatic heterocycles. The van der Waals surface area contributed by atoms with Crippen molar-refractivity contribution < 1.29 is 9.47 Å². The Kier molecular flexibility index (Phi) is 3.06. The van der Waals surface area contributed by atoms with Crippen LogP contribution in [-0.2, 0) is 5.54 Å². The second kappa shape index (κ2) is 4.34. The number of hydrogen-bond donors (Lipinski definition) is 1. The van der Waals surface area contributed by atoms with Gasteiger partial charge in [0.2, 0.25) is 0 Å². The summed E-state index contributed by atoms with van der Waals surface area (Å²) in [7, 11) is 0. The number of nitrogens with two attached hydrogens (primary N) is 1. The maximum atomic E-state index is 6.21. The van der Waals surface area contributed by atoms with Crippen molar-refractivity contribution in [1.29, 1.82) is 0 Å². The smallest absolute Gasteiger partial charge is 0.161 e. The first-order valence-electron chi connectivity index (χ1n) is 5.82. The van der Waals surface area contributed by atoms with E-state index in [4.69, 9.17) is 15.2 Å². The highest BCUT2D eigenvalue weighted by atomic mass is 16.5. The van der Waals surface area contributed by atoms with Gasteiger partial charge in [0.15, 0.2) is 11.5 Å². The van der Waals surface area contributed by atoms with Crippen LogP contribution < -0.4 is 15.2 Å². The van der Waals surface area contributed by atoms with Gasteiger partial charge in [0, 0.05) is 12.0 Å². The highest BCUT2D eigenvalue weighted by molar-refractivity contribution is 5.45. The van der Waals surface area contributed by atoms with Crippen LogP contribution in [0.5, 0.6) is 11.5 Å². The molecular weight excluding hydrogens is 202 g/mol. The minimum absolute atomic E-state index is 0.301. The van der Waals surface area contributed by atoms with Crippen molar-refractivity contribution in [2.75, 3.05) is 13.2 Å². The number of rotatable bonds is 2. The summed E-state index contributed by atoms with van der Waals surface area (Å²) in [6.45, 7) is 5.55. The summed E-state index contributed by atoms with van der Waals surface area (Å²) in [5.41, 5.74) is 7.01. The highest BCUT2D eigenvalue weighted by Crippen LogP contribution is 2.34. The summed E-state index contributed by atoms with van der Waals surface area (Å²) in [6.07, 6.45) is 1.82. The van der Waals surface area contributed by atoms with Crippen LogP contribution in [0, 0.1) is 0 Å². The zero-order valence-electron chi connectivity index (χ0n) is 9.95. The van der Waals surface area contributed by atoms with Gasteiger partial charge >= 0.3 is 0 Å². The largest absolute Gasteiger partial charge is 0.490 e. The molecule has 3 nitrogen and oxygen atoms in total. The summed E-state index contributed by atoms with van der Waals surface area (Å²) in [5, 5.41) is 0. The van der Waals surface area contributed by atoms with Gasteiger partial charge in [-0.05, 0) is 31.0 Å².